The fourth-order valence-electron chi connectivity index (χ4n) is 2.45. The smallest absolute Gasteiger partial charge is 0.279 e. The Morgan fingerprint density at radius 3 is 2.79 bits per heavy atom. The Balaban J connectivity index is 2.08. The third kappa shape index (κ3) is 3.05. The summed E-state index contributed by atoms with van der Waals surface area (Å²) < 4.78 is 13.8. The zero-order valence-corrected chi connectivity index (χ0v) is 14.6. The first kappa shape index (κ1) is 16.3. The molecule has 0 unspecified atom stereocenters. The second kappa shape index (κ2) is 6.88. The molecule has 0 aliphatic heterocycles. The molecule has 0 spiro atoms. The molecule has 0 saturated heterocycles. The predicted octanol–water partition coefficient (Wildman–Crippen LogP) is 3.39. The first-order valence-electron chi connectivity index (χ1n) is 7.58. The maximum Gasteiger partial charge on any atom is 0.279 e. The van der Waals surface area contributed by atoms with Gasteiger partial charge in [0.1, 0.15) is 17.0 Å². The van der Waals surface area contributed by atoms with Crippen LogP contribution in [0.2, 0.25) is 0 Å². The summed E-state index contributed by atoms with van der Waals surface area (Å²) in [5.41, 5.74) is 1.44. The molecule has 0 bridgehead atoms. The summed E-state index contributed by atoms with van der Waals surface area (Å²) in [4.78, 5) is 17.4. The molecule has 5 nitrogen and oxygen atoms in total. The van der Waals surface area contributed by atoms with Crippen LogP contribution in [0.5, 0.6) is 11.5 Å². The number of ether oxygens (including phenoxy) is 2. The van der Waals surface area contributed by atoms with E-state index in [0.29, 0.717) is 22.7 Å². The zero-order valence-electron chi connectivity index (χ0n) is 13.8. The zero-order chi connectivity index (χ0) is 17.1. The topological polar surface area (TPSA) is 52.8 Å². The maximum absolute atomic E-state index is 12.5. The second-order valence-electron chi connectivity index (χ2n) is 5.13. The van der Waals surface area contributed by atoms with Crippen LogP contribution in [0.1, 0.15) is 17.3 Å². The molecule has 0 radical (unpaired) electrons. The minimum absolute atomic E-state index is 0.297. The lowest BCUT2D eigenvalue weighted by Gasteiger charge is -2.05. The quantitative estimate of drug-likeness (QED) is 0.730. The molecular weight excluding hydrogens is 324 g/mol. The molecule has 124 valence electrons. The van der Waals surface area contributed by atoms with Crippen molar-refractivity contribution in [3.8, 4) is 11.5 Å². The summed E-state index contributed by atoms with van der Waals surface area (Å²) in [6.07, 6.45) is 0. The average Bonchev–Trinajstić information content (AvgIpc) is 2.92. The molecule has 0 saturated carbocycles. The number of rotatable bonds is 4. The molecule has 2 aromatic carbocycles. The van der Waals surface area contributed by atoms with E-state index >= 15 is 0 Å². The SMILES string of the molecule is CCOc1cccc2sc(=NC(=O)c3cccc(OC)c3)n(C)c12. The molecule has 0 fully saturated rings. The van der Waals surface area contributed by atoms with Gasteiger partial charge < -0.3 is 14.0 Å². The van der Waals surface area contributed by atoms with Gasteiger partial charge in [-0.25, -0.2) is 0 Å². The fraction of sp³-hybridized carbons (Fsp3) is 0.222. The summed E-state index contributed by atoms with van der Waals surface area (Å²) >= 11 is 1.46. The number of hydrogen-bond donors (Lipinski definition) is 0. The van der Waals surface area contributed by atoms with Crippen molar-refractivity contribution >= 4 is 27.5 Å². The Bertz CT molecular complexity index is 956. The van der Waals surface area contributed by atoms with Gasteiger partial charge >= 0.3 is 0 Å². The minimum atomic E-state index is -0.297. The van der Waals surface area contributed by atoms with E-state index in [-0.39, 0.29) is 5.91 Å². The van der Waals surface area contributed by atoms with Crippen molar-refractivity contribution in [2.24, 2.45) is 12.0 Å². The van der Waals surface area contributed by atoms with E-state index in [2.05, 4.69) is 4.99 Å². The highest BCUT2D eigenvalue weighted by Gasteiger charge is 2.11. The van der Waals surface area contributed by atoms with E-state index in [0.717, 1.165) is 16.0 Å². The second-order valence-corrected chi connectivity index (χ2v) is 6.14. The van der Waals surface area contributed by atoms with Crippen molar-refractivity contribution in [3.63, 3.8) is 0 Å². The van der Waals surface area contributed by atoms with Gasteiger partial charge in [0, 0.05) is 12.6 Å². The Labute approximate surface area is 143 Å². The van der Waals surface area contributed by atoms with Gasteiger partial charge in [-0.3, -0.25) is 4.79 Å². The van der Waals surface area contributed by atoms with Crippen molar-refractivity contribution in [1.29, 1.82) is 0 Å². The fourth-order valence-corrected chi connectivity index (χ4v) is 3.49. The number of aryl methyl sites for hydroxylation is 1. The normalized spacial score (nSPS) is 11.7. The van der Waals surface area contributed by atoms with Crippen molar-refractivity contribution in [3.05, 3.63) is 52.8 Å². The van der Waals surface area contributed by atoms with Crippen LogP contribution in [-0.4, -0.2) is 24.2 Å². The van der Waals surface area contributed by atoms with Crippen LogP contribution < -0.4 is 14.3 Å². The van der Waals surface area contributed by atoms with Gasteiger partial charge in [0.25, 0.3) is 5.91 Å². The Hall–Kier alpha value is -2.60. The van der Waals surface area contributed by atoms with Crippen molar-refractivity contribution in [1.82, 2.24) is 4.57 Å². The number of para-hydroxylation sites is 1. The molecule has 1 amide bonds. The molecule has 0 aliphatic carbocycles. The van der Waals surface area contributed by atoms with Gasteiger partial charge in [0.05, 0.1) is 18.4 Å². The minimum Gasteiger partial charge on any atom is -0.497 e. The van der Waals surface area contributed by atoms with Crippen molar-refractivity contribution in [2.45, 2.75) is 6.92 Å². The van der Waals surface area contributed by atoms with Crippen LogP contribution >= 0.6 is 11.3 Å². The Kier molecular flexibility index (Phi) is 4.66. The number of aromatic nitrogens is 1. The van der Waals surface area contributed by atoms with Crippen LogP contribution in [0.3, 0.4) is 0 Å². The maximum atomic E-state index is 12.5. The predicted molar refractivity (Wildman–Crippen MR) is 94.9 cm³/mol. The number of methoxy groups -OCH3 is 1. The van der Waals surface area contributed by atoms with Gasteiger partial charge in [-0.1, -0.05) is 23.5 Å². The van der Waals surface area contributed by atoms with E-state index in [1.807, 2.05) is 36.7 Å². The number of amides is 1. The summed E-state index contributed by atoms with van der Waals surface area (Å²) in [6, 6.07) is 12.9. The van der Waals surface area contributed by atoms with Crippen LogP contribution in [0, 0.1) is 0 Å². The molecular formula is C18H18N2O3S. The number of carbonyl (C=O) groups excluding carboxylic acids is 1. The standard InChI is InChI=1S/C18H18N2O3S/c1-4-23-14-9-6-10-15-16(14)20(2)18(24-15)19-17(21)12-7-5-8-13(11-12)22-3/h5-11H,4H2,1-3H3. The number of hydrogen-bond acceptors (Lipinski definition) is 4. The highest BCUT2D eigenvalue weighted by atomic mass is 32.1. The monoisotopic (exact) mass is 342 g/mol. The lowest BCUT2D eigenvalue weighted by molar-refractivity contribution is 0.0997. The number of fused-ring (bicyclic) bond motifs is 1. The van der Waals surface area contributed by atoms with Gasteiger partial charge in [0.15, 0.2) is 4.80 Å². The third-order valence-electron chi connectivity index (χ3n) is 3.60. The Morgan fingerprint density at radius 2 is 2.04 bits per heavy atom. The number of nitrogens with zero attached hydrogens (tertiary/aromatic N) is 2. The van der Waals surface area contributed by atoms with Crippen molar-refractivity contribution in [2.75, 3.05) is 13.7 Å². The van der Waals surface area contributed by atoms with Crippen LogP contribution in [0.15, 0.2) is 47.5 Å². The van der Waals surface area contributed by atoms with Gasteiger partial charge in [0.2, 0.25) is 0 Å². The van der Waals surface area contributed by atoms with Crippen LogP contribution in [0.25, 0.3) is 10.2 Å². The molecule has 3 rings (SSSR count). The average molecular weight is 342 g/mol. The molecule has 3 aromatic rings. The van der Waals surface area contributed by atoms with Crippen LogP contribution in [-0.2, 0) is 7.05 Å². The summed E-state index contributed by atoms with van der Waals surface area (Å²) in [7, 11) is 3.46. The highest BCUT2D eigenvalue weighted by Crippen LogP contribution is 2.26. The van der Waals surface area contributed by atoms with E-state index in [4.69, 9.17) is 9.47 Å². The largest absolute Gasteiger partial charge is 0.497 e. The van der Waals surface area contributed by atoms with Gasteiger partial charge in [-0.05, 0) is 37.3 Å². The molecule has 24 heavy (non-hydrogen) atoms. The summed E-state index contributed by atoms with van der Waals surface area (Å²) in [5.74, 6) is 1.13. The lowest BCUT2D eigenvalue weighted by Crippen LogP contribution is -2.13. The van der Waals surface area contributed by atoms with Gasteiger partial charge in [-0.2, -0.15) is 4.99 Å². The molecule has 0 aliphatic rings. The molecule has 1 heterocycles. The number of benzene rings is 2. The van der Waals surface area contributed by atoms with Gasteiger partial charge in [-0.15, -0.1) is 0 Å². The first-order chi connectivity index (χ1) is 11.6. The lowest BCUT2D eigenvalue weighted by atomic mass is 10.2. The summed E-state index contributed by atoms with van der Waals surface area (Å²) in [6.45, 7) is 2.53. The molecule has 0 atom stereocenters. The van der Waals surface area contributed by atoms with E-state index in [9.17, 15) is 4.79 Å². The first-order valence-corrected chi connectivity index (χ1v) is 8.40. The van der Waals surface area contributed by atoms with Crippen LogP contribution in [0.4, 0.5) is 0 Å². The molecule has 0 N–H and O–H groups in total. The number of thiazole rings is 1. The van der Waals surface area contributed by atoms with E-state index in [1.165, 1.54) is 11.3 Å². The van der Waals surface area contributed by atoms with E-state index < -0.39 is 0 Å². The summed E-state index contributed by atoms with van der Waals surface area (Å²) in [5, 5.41) is 0. The molecule has 6 heteroatoms. The molecule has 1 aromatic heterocycles. The third-order valence-corrected chi connectivity index (χ3v) is 4.70. The van der Waals surface area contributed by atoms with Crippen molar-refractivity contribution < 1.29 is 14.3 Å². The number of carbonyl (C=O) groups is 1. The Morgan fingerprint density at radius 1 is 1.25 bits per heavy atom. The highest BCUT2D eigenvalue weighted by molar-refractivity contribution is 7.16. The van der Waals surface area contributed by atoms with E-state index in [1.54, 1.807) is 31.4 Å².